The van der Waals surface area contributed by atoms with Gasteiger partial charge in [-0.3, -0.25) is 14.4 Å². The number of rotatable bonds is 6. The number of hydrogen-bond donors (Lipinski definition) is 4. The second-order valence-electron chi connectivity index (χ2n) is 8.00. The molecule has 1 aromatic carbocycles. The van der Waals surface area contributed by atoms with Crippen LogP contribution in [0.4, 0.5) is 0 Å². The monoisotopic (exact) mass is 400 g/mol. The highest BCUT2D eigenvalue weighted by molar-refractivity contribution is 5.97. The number of para-hydroxylation sites is 1. The number of aryl methyl sites for hydroxylation is 1. The number of ether oxygens (including phenoxy) is 1. The molecule has 3 amide bonds. The molecule has 0 aliphatic heterocycles. The standard InChI is InChI=1S/C21H28N4O4/c1-11(2)17(19(22)27)24-20(28)21(25-12(3)26)9-8-15-14(10-21)13-6-5-7-16(29-4)18(13)23-15/h5-7,11,17,23H,8-10H2,1-4H3,(H2,22,27)(H,24,28)(H,25,26)/t17-,21-/m0/s1. The lowest BCUT2D eigenvalue weighted by molar-refractivity contribution is -0.136. The number of carbonyl (C=O) groups is 3. The lowest BCUT2D eigenvalue weighted by Gasteiger charge is -2.37. The van der Waals surface area contributed by atoms with Crippen LogP contribution in [0.3, 0.4) is 0 Å². The van der Waals surface area contributed by atoms with E-state index < -0.39 is 23.4 Å². The van der Waals surface area contributed by atoms with Crippen molar-refractivity contribution in [2.75, 3.05) is 7.11 Å². The van der Waals surface area contributed by atoms with Crippen LogP contribution in [0.25, 0.3) is 10.9 Å². The molecule has 0 radical (unpaired) electrons. The maximum absolute atomic E-state index is 13.3. The Morgan fingerprint density at radius 3 is 2.59 bits per heavy atom. The number of methoxy groups -OCH3 is 1. The molecule has 0 fully saturated rings. The zero-order chi connectivity index (χ0) is 21.3. The predicted molar refractivity (Wildman–Crippen MR) is 109 cm³/mol. The molecular weight excluding hydrogens is 372 g/mol. The van der Waals surface area contributed by atoms with E-state index in [0.29, 0.717) is 19.3 Å². The fraction of sp³-hybridized carbons (Fsp3) is 0.476. The lowest BCUT2D eigenvalue weighted by atomic mass is 9.78. The minimum Gasteiger partial charge on any atom is -0.495 e. The molecule has 3 rings (SSSR count). The van der Waals surface area contributed by atoms with Crippen molar-refractivity contribution in [3.05, 3.63) is 29.5 Å². The zero-order valence-electron chi connectivity index (χ0n) is 17.2. The van der Waals surface area contributed by atoms with Crippen molar-refractivity contribution in [2.24, 2.45) is 11.7 Å². The number of H-pyrrole nitrogens is 1. The van der Waals surface area contributed by atoms with Crippen LogP contribution in [-0.2, 0) is 27.2 Å². The average Bonchev–Trinajstić information content (AvgIpc) is 3.02. The highest BCUT2D eigenvalue weighted by Crippen LogP contribution is 2.37. The Morgan fingerprint density at radius 2 is 2.00 bits per heavy atom. The Kier molecular flexibility index (Phi) is 5.55. The van der Waals surface area contributed by atoms with E-state index in [1.807, 2.05) is 32.0 Å². The molecule has 8 nitrogen and oxygen atoms in total. The Bertz CT molecular complexity index is 965. The van der Waals surface area contributed by atoms with Gasteiger partial charge in [0.15, 0.2) is 0 Å². The number of carbonyl (C=O) groups excluding carboxylic acids is 3. The largest absolute Gasteiger partial charge is 0.495 e. The van der Waals surface area contributed by atoms with Crippen molar-refractivity contribution in [3.8, 4) is 5.75 Å². The van der Waals surface area contributed by atoms with E-state index >= 15 is 0 Å². The third-order valence-electron chi connectivity index (χ3n) is 5.60. The third kappa shape index (κ3) is 3.79. The SMILES string of the molecule is COc1cccc2c3c([nH]c12)CC[C@@](NC(C)=O)(C(=O)N[C@H](C(N)=O)C(C)C)C3. The van der Waals surface area contributed by atoms with Gasteiger partial charge in [0.2, 0.25) is 17.7 Å². The fourth-order valence-corrected chi connectivity index (χ4v) is 4.15. The number of hydrogen-bond acceptors (Lipinski definition) is 4. The van der Waals surface area contributed by atoms with Gasteiger partial charge in [-0.25, -0.2) is 0 Å². The molecule has 1 aliphatic carbocycles. The van der Waals surface area contributed by atoms with Gasteiger partial charge in [-0.15, -0.1) is 0 Å². The quantitative estimate of drug-likeness (QED) is 0.580. The molecule has 8 heteroatoms. The van der Waals surface area contributed by atoms with Crippen molar-refractivity contribution in [1.82, 2.24) is 15.6 Å². The molecular formula is C21H28N4O4. The second-order valence-corrected chi connectivity index (χ2v) is 8.00. The molecule has 1 aliphatic rings. The molecule has 0 saturated carbocycles. The Hall–Kier alpha value is -3.03. The van der Waals surface area contributed by atoms with Crippen LogP contribution in [0.2, 0.25) is 0 Å². The highest BCUT2D eigenvalue weighted by Gasteiger charge is 2.44. The first kappa shape index (κ1) is 20.7. The van der Waals surface area contributed by atoms with Crippen LogP contribution in [0.5, 0.6) is 5.75 Å². The summed E-state index contributed by atoms with van der Waals surface area (Å²) in [6.45, 7) is 5.01. The van der Waals surface area contributed by atoms with Crippen LogP contribution in [0.15, 0.2) is 18.2 Å². The van der Waals surface area contributed by atoms with E-state index in [2.05, 4.69) is 15.6 Å². The summed E-state index contributed by atoms with van der Waals surface area (Å²) in [6.07, 6.45) is 1.29. The summed E-state index contributed by atoms with van der Waals surface area (Å²) in [5.74, 6) is -0.739. The minimum absolute atomic E-state index is 0.165. The van der Waals surface area contributed by atoms with Gasteiger partial charge in [-0.1, -0.05) is 26.0 Å². The maximum atomic E-state index is 13.3. The van der Waals surface area contributed by atoms with Crippen LogP contribution in [-0.4, -0.2) is 41.4 Å². The normalized spacial score (nSPS) is 19.5. The van der Waals surface area contributed by atoms with Crippen LogP contribution < -0.4 is 21.1 Å². The van der Waals surface area contributed by atoms with Crippen molar-refractivity contribution in [1.29, 1.82) is 0 Å². The van der Waals surface area contributed by atoms with Gasteiger partial charge in [0.25, 0.3) is 0 Å². The highest BCUT2D eigenvalue weighted by atomic mass is 16.5. The molecule has 156 valence electrons. The smallest absolute Gasteiger partial charge is 0.246 e. The molecule has 2 atom stereocenters. The molecule has 0 unspecified atom stereocenters. The number of primary amides is 1. The van der Waals surface area contributed by atoms with E-state index in [9.17, 15) is 14.4 Å². The molecule has 5 N–H and O–H groups in total. The van der Waals surface area contributed by atoms with Gasteiger partial charge in [0.1, 0.15) is 17.3 Å². The molecule has 2 aromatic rings. The van der Waals surface area contributed by atoms with Crippen molar-refractivity contribution in [2.45, 2.75) is 51.6 Å². The van der Waals surface area contributed by atoms with E-state index in [1.54, 1.807) is 7.11 Å². The zero-order valence-corrected chi connectivity index (χ0v) is 17.2. The van der Waals surface area contributed by atoms with Crippen LogP contribution in [0.1, 0.15) is 38.4 Å². The van der Waals surface area contributed by atoms with Crippen molar-refractivity contribution in [3.63, 3.8) is 0 Å². The molecule has 29 heavy (non-hydrogen) atoms. The summed E-state index contributed by atoms with van der Waals surface area (Å²) in [6, 6.07) is 4.93. The van der Waals surface area contributed by atoms with Gasteiger partial charge in [0, 0.05) is 24.4 Å². The fourth-order valence-electron chi connectivity index (χ4n) is 4.15. The number of nitrogens with one attached hydrogen (secondary N) is 3. The minimum atomic E-state index is -1.15. The third-order valence-corrected chi connectivity index (χ3v) is 5.60. The van der Waals surface area contributed by atoms with Crippen molar-refractivity contribution < 1.29 is 19.1 Å². The predicted octanol–water partition coefficient (Wildman–Crippen LogP) is 1.17. The molecule has 0 spiro atoms. The number of nitrogens with two attached hydrogens (primary N) is 1. The molecule has 0 saturated heterocycles. The van der Waals surface area contributed by atoms with Gasteiger partial charge >= 0.3 is 0 Å². The summed E-state index contributed by atoms with van der Waals surface area (Å²) in [4.78, 5) is 40.5. The average molecular weight is 400 g/mol. The van der Waals surface area contributed by atoms with E-state index in [1.165, 1.54) is 6.92 Å². The first-order valence-corrected chi connectivity index (χ1v) is 9.74. The molecule has 1 aromatic heterocycles. The number of fused-ring (bicyclic) bond motifs is 3. The first-order chi connectivity index (χ1) is 13.7. The first-order valence-electron chi connectivity index (χ1n) is 9.74. The van der Waals surface area contributed by atoms with Crippen molar-refractivity contribution >= 4 is 28.6 Å². The van der Waals surface area contributed by atoms with Gasteiger partial charge in [-0.2, -0.15) is 0 Å². The summed E-state index contributed by atoms with van der Waals surface area (Å²) >= 11 is 0. The maximum Gasteiger partial charge on any atom is 0.246 e. The van der Waals surface area contributed by atoms with E-state index in [4.69, 9.17) is 10.5 Å². The van der Waals surface area contributed by atoms with Gasteiger partial charge in [-0.05, 0) is 30.4 Å². The summed E-state index contributed by atoms with van der Waals surface area (Å²) in [5, 5.41) is 6.57. The number of benzene rings is 1. The Balaban J connectivity index is 2.02. The summed E-state index contributed by atoms with van der Waals surface area (Å²) in [5.41, 5.74) is 7.17. The van der Waals surface area contributed by atoms with Gasteiger partial charge in [0.05, 0.1) is 12.6 Å². The second kappa shape index (κ2) is 7.77. The topological polar surface area (TPSA) is 126 Å². The Morgan fingerprint density at radius 1 is 1.28 bits per heavy atom. The Labute approximate surface area is 169 Å². The molecule has 0 bridgehead atoms. The summed E-state index contributed by atoms with van der Waals surface area (Å²) < 4.78 is 5.44. The van der Waals surface area contributed by atoms with Crippen LogP contribution in [0, 0.1) is 5.92 Å². The molecule has 1 heterocycles. The van der Waals surface area contributed by atoms with Crippen LogP contribution >= 0.6 is 0 Å². The number of aromatic nitrogens is 1. The number of amides is 3. The summed E-state index contributed by atoms with van der Waals surface area (Å²) in [7, 11) is 1.61. The lowest BCUT2D eigenvalue weighted by Crippen LogP contribution is -2.64. The van der Waals surface area contributed by atoms with E-state index in [-0.39, 0.29) is 11.8 Å². The van der Waals surface area contributed by atoms with Gasteiger partial charge < -0.3 is 26.1 Å². The number of aromatic amines is 1. The van der Waals surface area contributed by atoms with E-state index in [0.717, 1.165) is 27.9 Å².